The van der Waals surface area contributed by atoms with Gasteiger partial charge in [-0.2, -0.15) is 0 Å². The SMILES string of the molecule is Cc1cc(S(=O)(=O)Nc2ccc(-c3nc[nH]c3C)cc2)ccc1F. The lowest BCUT2D eigenvalue weighted by Gasteiger charge is -2.09. The molecule has 3 rings (SSSR count). The predicted molar refractivity (Wildman–Crippen MR) is 90.7 cm³/mol. The van der Waals surface area contributed by atoms with Crippen LogP contribution in [-0.2, 0) is 10.0 Å². The summed E-state index contributed by atoms with van der Waals surface area (Å²) in [6.45, 7) is 3.44. The van der Waals surface area contributed by atoms with Crippen molar-refractivity contribution in [2.45, 2.75) is 18.7 Å². The molecule has 2 aromatic carbocycles. The zero-order valence-electron chi connectivity index (χ0n) is 13.2. The molecule has 0 saturated carbocycles. The van der Waals surface area contributed by atoms with Gasteiger partial charge >= 0.3 is 0 Å². The lowest BCUT2D eigenvalue weighted by molar-refractivity contribution is 0.598. The van der Waals surface area contributed by atoms with E-state index in [2.05, 4.69) is 14.7 Å². The van der Waals surface area contributed by atoms with Crippen LogP contribution in [0.2, 0.25) is 0 Å². The van der Waals surface area contributed by atoms with Crippen molar-refractivity contribution in [1.82, 2.24) is 9.97 Å². The van der Waals surface area contributed by atoms with Gasteiger partial charge in [0.1, 0.15) is 5.82 Å². The number of anilines is 1. The highest BCUT2D eigenvalue weighted by molar-refractivity contribution is 7.92. The summed E-state index contributed by atoms with van der Waals surface area (Å²) in [6, 6.07) is 10.6. The molecule has 24 heavy (non-hydrogen) atoms. The maximum atomic E-state index is 13.3. The third kappa shape index (κ3) is 3.16. The van der Waals surface area contributed by atoms with Gasteiger partial charge in [-0.05, 0) is 49.7 Å². The average molecular weight is 345 g/mol. The molecule has 0 unspecified atom stereocenters. The molecule has 5 nitrogen and oxygen atoms in total. The molecule has 0 aliphatic rings. The van der Waals surface area contributed by atoms with Crippen LogP contribution >= 0.6 is 0 Å². The standard InChI is InChI=1S/C17H16FN3O2S/c1-11-9-15(7-8-16(11)18)24(22,23)21-14-5-3-13(4-6-14)17-12(2)19-10-20-17/h3-10,21H,1-2H3,(H,19,20). The van der Waals surface area contributed by atoms with Crippen molar-refractivity contribution in [2.24, 2.45) is 0 Å². The van der Waals surface area contributed by atoms with E-state index in [1.54, 1.807) is 30.6 Å². The van der Waals surface area contributed by atoms with Gasteiger partial charge in [0.15, 0.2) is 0 Å². The third-order valence-corrected chi connectivity index (χ3v) is 5.06. The van der Waals surface area contributed by atoms with Gasteiger partial charge in [-0.15, -0.1) is 0 Å². The molecule has 1 heterocycles. The number of hydrogen-bond acceptors (Lipinski definition) is 3. The average Bonchev–Trinajstić information content (AvgIpc) is 2.96. The van der Waals surface area contributed by atoms with Gasteiger partial charge in [-0.25, -0.2) is 17.8 Å². The highest BCUT2D eigenvalue weighted by Gasteiger charge is 2.15. The Labute approximate surface area is 139 Å². The van der Waals surface area contributed by atoms with E-state index < -0.39 is 15.8 Å². The molecule has 0 aliphatic heterocycles. The fourth-order valence-corrected chi connectivity index (χ4v) is 3.49. The van der Waals surface area contributed by atoms with E-state index >= 15 is 0 Å². The van der Waals surface area contributed by atoms with Gasteiger partial charge in [0.25, 0.3) is 10.0 Å². The van der Waals surface area contributed by atoms with Crippen molar-refractivity contribution in [3.8, 4) is 11.3 Å². The van der Waals surface area contributed by atoms with Crippen LogP contribution in [0.1, 0.15) is 11.3 Å². The minimum absolute atomic E-state index is 0.0219. The summed E-state index contributed by atoms with van der Waals surface area (Å²) in [4.78, 5) is 7.25. The zero-order chi connectivity index (χ0) is 17.3. The lowest BCUT2D eigenvalue weighted by Crippen LogP contribution is -2.13. The van der Waals surface area contributed by atoms with E-state index in [-0.39, 0.29) is 10.5 Å². The molecule has 7 heteroatoms. The molecule has 2 N–H and O–H groups in total. The van der Waals surface area contributed by atoms with Crippen LogP contribution in [0, 0.1) is 19.7 Å². The summed E-state index contributed by atoms with van der Waals surface area (Å²) in [5.41, 5.74) is 3.34. The van der Waals surface area contributed by atoms with E-state index in [4.69, 9.17) is 0 Å². The lowest BCUT2D eigenvalue weighted by atomic mass is 10.1. The Hall–Kier alpha value is -2.67. The number of aromatic amines is 1. The van der Waals surface area contributed by atoms with Gasteiger partial charge in [-0.3, -0.25) is 4.72 Å². The van der Waals surface area contributed by atoms with Gasteiger partial charge in [0.2, 0.25) is 0 Å². The van der Waals surface area contributed by atoms with Crippen LogP contribution in [0.25, 0.3) is 11.3 Å². The molecule has 0 aliphatic carbocycles. The molecule has 0 spiro atoms. The topological polar surface area (TPSA) is 74.8 Å². The van der Waals surface area contributed by atoms with Crippen molar-refractivity contribution in [3.63, 3.8) is 0 Å². The summed E-state index contributed by atoms with van der Waals surface area (Å²) < 4.78 is 40.6. The number of nitrogens with one attached hydrogen (secondary N) is 2. The summed E-state index contributed by atoms with van der Waals surface area (Å²) in [7, 11) is -3.77. The van der Waals surface area contributed by atoms with Crippen molar-refractivity contribution < 1.29 is 12.8 Å². The van der Waals surface area contributed by atoms with E-state index in [9.17, 15) is 12.8 Å². The molecule has 0 saturated heterocycles. The molecule has 0 atom stereocenters. The number of rotatable bonds is 4. The van der Waals surface area contributed by atoms with Crippen LogP contribution < -0.4 is 4.72 Å². The third-order valence-electron chi connectivity index (χ3n) is 3.68. The Morgan fingerprint density at radius 2 is 1.79 bits per heavy atom. The Morgan fingerprint density at radius 1 is 1.08 bits per heavy atom. The van der Waals surface area contributed by atoms with Gasteiger partial charge < -0.3 is 4.98 Å². The molecular weight excluding hydrogens is 329 g/mol. The number of sulfonamides is 1. The normalized spacial score (nSPS) is 11.5. The molecule has 124 valence electrons. The first-order valence-electron chi connectivity index (χ1n) is 7.26. The number of H-pyrrole nitrogens is 1. The zero-order valence-corrected chi connectivity index (χ0v) is 14.0. The van der Waals surface area contributed by atoms with E-state index in [1.807, 2.05) is 6.92 Å². The van der Waals surface area contributed by atoms with Crippen LogP contribution in [0.3, 0.4) is 0 Å². The first-order valence-corrected chi connectivity index (χ1v) is 8.74. The van der Waals surface area contributed by atoms with E-state index in [0.29, 0.717) is 5.69 Å². The van der Waals surface area contributed by atoms with Gasteiger partial charge in [-0.1, -0.05) is 12.1 Å². The Kier molecular flexibility index (Phi) is 4.11. The first kappa shape index (κ1) is 16.2. The molecule has 0 bridgehead atoms. The molecular formula is C17H16FN3O2S. The maximum Gasteiger partial charge on any atom is 0.261 e. The molecule has 0 amide bonds. The second kappa shape index (κ2) is 6.09. The maximum absolute atomic E-state index is 13.3. The Balaban J connectivity index is 1.85. The van der Waals surface area contributed by atoms with Crippen LogP contribution in [0.4, 0.5) is 10.1 Å². The summed E-state index contributed by atoms with van der Waals surface area (Å²) in [5, 5.41) is 0. The number of nitrogens with zero attached hydrogens (tertiary/aromatic N) is 1. The highest BCUT2D eigenvalue weighted by Crippen LogP contribution is 2.23. The number of aryl methyl sites for hydroxylation is 2. The largest absolute Gasteiger partial charge is 0.348 e. The van der Waals surface area contributed by atoms with Crippen LogP contribution in [-0.4, -0.2) is 18.4 Å². The Morgan fingerprint density at radius 3 is 2.38 bits per heavy atom. The predicted octanol–water partition coefficient (Wildman–Crippen LogP) is 3.63. The number of aromatic nitrogens is 2. The first-order chi connectivity index (χ1) is 11.4. The van der Waals surface area contributed by atoms with Crippen molar-refractivity contribution in [2.75, 3.05) is 4.72 Å². The fraction of sp³-hybridized carbons (Fsp3) is 0.118. The van der Waals surface area contributed by atoms with Gasteiger partial charge in [0, 0.05) is 16.9 Å². The second-order valence-electron chi connectivity index (χ2n) is 5.47. The van der Waals surface area contributed by atoms with Crippen molar-refractivity contribution in [1.29, 1.82) is 0 Å². The minimum Gasteiger partial charge on any atom is -0.348 e. The highest BCUT2D eigenvalue weighted by atomic mass is 32.2. The number of halogens is 1. The smallest absolute Gasteiger partial charge is 0.261 e. The summed E-state index contributed by atoms with van der Waals surface area (Å²) in [5.74, 6) is -0.437. The minimum atomic E-state index is -3.77. The van der Waals surface area contributed by atoms with Crippen molar-refractivity contribution >= 4 is 15.7 Å². The van der Waals surface area contributed by atoms with Crippen LogP contribution in [0.15, 0.2) is 53.7 Å². The molecule has 1 aromatic heterocycles. The molecule has 0 radical (unpaired) electrons. The van der Waals surface area contributed by atoms with Crippen LogP contribution in [0.5, 0.6) is 0 Å². The molecule has 3 aromatic rings. The van der Waals surface area contributed by atoms with E-state index in [1.165, 1.54) is 19.1 Å². The number of benzene rings is 2. The number of hydrogen-bond donors (Lipinski definition) is 2. The monoisotopic (exact) mass is 345 g/mol. The van der Waals surface area contributed by atoms with Gasteiger partial charge in [0.05, 0.1) is 16.9 Å². The Bertz CT molecular complexity index is 979. The second-order valence-corrected chi connectivity index (χ2v) is 7.15. The molecule has 0 fully saturated rings. The fourth-order valence-electron chi connectivity index (χ4n) is 2.34. The summed E-state index contributed by atoms with van der Waals surface area (Å²) in [6.07, 6.45) is 1.61. The van der Waals surface area contributed by atoms with Crippen molar-refractivity contribution in [3.05, 3.63) is 65.9 Å². The number of imidazole rings is 1. The quantitative estimate of drug-likeness (QED) is 0.758. The summed E-state index contributed by atoms with van der Waals surface area (Å²) >= 11 is 0. The van der Waals surface area contributed by atoms with E-state index in [0.717, 1.165) is 23.0 Å².